The molecule has 0 heterocycles. The van der Waals surface area contributed by atoms with Crippen LogP contribution >= 0.6 is 7.82 Å². The Labute approximate surface area is 451 Å². The Kier molecular flexibility index (Phi) is 51.0. The number of allylic oxidation sites excluding steroid dienone is 11. The molecule has 3 unspecified atom stereocenters. The molecule has 0 aliphatic rings. The predicted molar refractivity (Wildman–Crippen MR) is 312 cm³/mol. The van der Waals surface area contributed by atoms with Gasteiger partial charge < -0.3 is 28.5 Å². The van der Waals surface area contributed by atoms with Gasteiger partial charge in [-0.1, -0.05) is 248 Å². The van der Waals surface area contributed by atoms with E-state index in [4.69, 9.17) is 13.8 Å². The van der Waals surface area contributed by atoms with Crippen LogP contribution in [0.5, 0.6) is 0 Å². The maximum absolute atomic E-state index is 13.5. The molecule has 0 saturated heterocycles. The Morgan fingerprint density at radius 1 is 0.493 bits per heavy atom. The summed E-state index contributed by atoms with van der Waals surface area (Å²) in [6.07, 6.45) is 67.2. The van der Waals surface area contributed by atoms with Crippen molar-refractivity contribution in [3.63, 3.8) is 0 Å². The van der Waals surface area contributed by atoms with Crippen molar-refractivity contribution in [1.29, 1.82) is 0 Å². The number of amides is 1. The van der Waals surface area contributed by atoms with E-state index in [0.717, 1.165) is 103 Å². The molecule has 0 bridgehead atoms. The molecule has 424 valence electrons. The summed E-state index contributed by atoms with van der Waals surface area (Å²) in [6, 6.07) is -0.892. The zero-order chi connectivity index (χ0) is 53.6. The molecule has 0 rings (SSSR count). The standard InChI is InChI=1S/C63H115N2O7P/c1-7-10-13-16-19-22-25-27-28-29-30-31-32-33-34-35-36-38-41-44-47-50-53-56-63(67)72-61(54-51-48-45-42-39-24-21-18-15-12-9-3)60(59-71-73(68,69)70-58-57-65(4,5)6)64-62(66)55-52-49-46-43-40-37-26-23-20-17-14-11-8-2/h10,13,19,22,27-28,30-31,33-34,51,54,60-61H,7-9,11-12,14-18,20-21,23-26,29,32,35-50,52-53,55-59H2,1-6H3,(H-,64,66,68,69)/b13-10-,22-19-,28-27-,31-30-,34-33-,54-51+. The van der Waals surface area contributed by atoms with Gasteiger partial charge in [-0.2, -0.15) is 0 Å². The SMILES string of the molecule is CC/C=C\C/C=C\C/C=C\C/C=C\C/C=C\CCCCCCCCCC(=O)OC(/C=C/CCCCCCCCCCC)C(COP(=O)([O-])OCC[N+](C)(C)C)NC(=O)CCCCCCCCCCCCCCC. The zero-order valence-corrected chi connectivity index (χ0v) is 49.2. The maximum atomic E-state index is 13.5. The second-order valence-electron chi connectivity index (χ2n) is 21.5. The number of quaternary nitrogens is 1. The highest BCUT2D eigenvalue weighted by molar-refractivity contribution is 7.45. The van der Waals surface area contributed by atoms with Crippen molar-refractivity contribution in [2.75, 3.05) is 40.9 Å². The van der Waals surface area contributed by atoms with Crippen LogP contribution in [-0.4, -0.2) is 69.4 Å². The third-order valence-electron chi connectivity index (χ3n) is 13.2. The average molecular weight is 1040 g/mol. The smallest absolute Gasteiger partial charge is 0.306 e. The van der Waals surface area contributed by atoms with Gasteiger partial charge in [0.15, 0.2) is 0 Å². The van der Waals surface area contributed by atoms with Gasteiger partial charge in [0.05, 0.1) is 33.8 Å². The molecular formula is C63H115N2O7P. The van der Waals surface area contributed by atoms with Gasteiger partial charge in [-0.15, -0.1) is 0 Å². The van der Waals surface area contributed by atoms with E-state index in [1.165, 1.54) is 128 Å². The second-order valence-corrected chi connectivity index (χ2v) is 22.9. The van der Waals surface area contributed by atoms with Crippen molar-refractivity contribution in [2.24, 2.45) is 0 Å². The van der Waals surface area contributed by atoms with Crippen LogP contribution < -0.4 is 10.2 Å². The van der Waals surface area contributed by atoms with Crippen molar-refractivity contribution in [2.45, 2.75) is 277 Å². The van der Waals surface area contributed by atoms with Gasteiger partial charge in [0.1, 0.15) is 19.3 Å². The molecule has 0 aromatic rings. The fourth-order valence-electron chi connectivity index (χ4n) is 8.49. The zero-order valence-electron chi connectivity index (χ0n) is 48.3. The van der Waals surface area contributed by atoms with E-state index >= 15 is 0 Å². The Bertz CT molecular complexity index is 1480. The van der Waals surface area contributed by atoms with Gasteiger partial charge in [-0.05, 0) is 76.7 Å². The molecule has 0 fully saturated rings. The molecule has 9 nitrogen and oxygen atoms in total. The second kappa shape index (κ2) is 52.9. The van der Waals surface area contributed by atoms with Crippen LogP contribution in [0.15, 0.2) is 72.9 Å². The first-order valence-electron chi connectivity index (χ1n) is 30.2. The van der Waals surface area contributed by atoms with Gasteiger partial charge in [0, 0.05) is 12.8 Å². The first kappa shape index (κ1) is 70.5. The van der Waals surface area contributed by atoms with Gasteiger partial charge in [0.25, 0.3) is 7.82 Å². The topological polar surface area (TPSA) is 114 Å². The van der Waals surface area contributed by atoms with Crippen LogP contribution in [0.2, 0.25) is 0 Å². The molecule has 1 N–H and O–H groups in total. The molecule has 0 saturated carbocycles. The lowest BCUT2D eigenvalue weighted by Crippen LogP contribution is -2.47. The van der Waals surface area contributed by atoms with Crippen LogP contribution in [-0.2, 0) is 27.9 Å². The van der Waals surface area contributed by atoms with E-state index in [9.17, 15) is 19.0 Å². The fourth-order valence-corrected chi connectivity index (χ4v) is 9.21. The quantitative estimate of drug-likeness (QED) is 0.0212. The lowest BCUT2D eigenvalue weighted by Gasteiger charge is -2.30. The largest absolute Gasteiger partial charge is 0.756 e. The number of hydrogen-bond acceptors (Lipinski definition) is 7. The summed E-state index contributed by atoms with van der Waals surface area (Å²) in [7, 11) is 1.18. The van der Waals surface area contributed by atoms with E-state index in [1.54, 1.807) is 0 Å². The van der Waals surface area contributed by atoms with Crippen molar-refractivity contribution < 1.29 is 37.3 Å². The van der Waals surface area contributed by atoms with Crippen LogP contribution in [0.25, 0.3) is 0 Å². The van der Waals surface area contributed by atoms with Crippen molar-refractivity contribution in [3.8, 4) is 0 Å². The minimum absolute atomic E-state index is 0.0253. The predicted octanol–water partition coefficient (Wildman–Crippen LogP) is 17.8. The minimum Gasteiger partial charge on any atom is -0.756 e. The molecule has 0 aliphatic carbocycles. The number of nitrogens with one attached hydrogen (secondary N) is 1. The lowest BCUT2D eigenvalue weighted by atomic mass is 10.0. The monoisotopic (exact) mass is 1040 g/mol. The fraction of sp³-hybridized carbons (Fsp3) is 0.778. The summed E-state index contributed by atoms with van der Waals surface area (Å²) >= 11 is 0. The summed E-state index contributed by atoms with van der Waals surface area (Å²) in [5.74, 6) is -0.551. The molecule has 73 heavy (non-hydrogen) atoms. The summed E-state index contributed by atoms with van der Waals surface area (Å²) in [5.41, 5.74) is 0. The van der Waals surface area contributed by atoms with Crippen LogP contribution in [0.3, 0.4) is 0 Å². The maximum Gasteiger partial charge on any atom is 0.306 e. The van der Waals surface area contributed by atoms with Crippen molar-refractivity contribution in [1.82, 2.24) is 5.32 Å². The van der Waals surface area contributed by atoms with Gasteiger partial charge in [0.2, 0.25) is 5.91 Å². The van der Waals surface area contributed by atoms with Crippen LogP contribution in [0.1, 0.15) is 265 Å². The number of phosphoric acid groups is 1. The molecule has 3 atom stereocenters. The van der Waals surface area contributed by atoms with Gasteiger partial charge in [-0.25, -0.2) is 0 Å². The first-order valence-corrected chi connectivity index (χ1v) is 31.7. The average Bonchev–Trinajstić information content (AvgIpc) is 3.35. The Balaban J connectivity index is 5.20. The third kappa shape index (κ3) is 54.1. The highest BCUT2D eigenvalue weighted by Gasteiger charge is 2.27. The molecule has 0 aromatic heterocycles. The summed E-state index contributed by atoms with van der Waals surface area (Å²) < 4.78 is 30.2. The molecule has 10 heteroatoms. The van der Waals surface area contributed by atoms with E-state index in [-0.39, 0.29) is 24.9 Å². The highest BCUT2D eigenvalue weighted by Crippen LogP contribution is 2.38. The molecular weight excluding hydrogens is 928 g/mol. The Hall–Kier alpha value is -2.55. The number of hydrogen-bond donors (Lipinski definition) is 1. The number of esters is 1. The Morgan fingerprint density at radius 3 is 1.32 bits per heavy atom. The lowest BCUT2D eigenvalue weighted by molar-refractivity contribution is -0.870. The molecule has 1 amide bonds. The van der Waals surface area contributed by atoms with Crippen LogP contribution in [0, 0.1) is 0 Å². The number of likely N-dealkylation sites (N-methyl/N-ethyl adjacent to an activating group) is 1. The number of carbonyl (C=O) groups is 2. The summed E-state index contributed by atoms with van der Waals surface area (Å²) in [4.78, 5) is 39.9. The third-order valence-corrected chi connectivity index (χ3v) is 14.1. The molecule has 0 spiro atoms. The molecule has 0 aromatic carbocycles. The molecule has 0 aliphatic heterocycles. The number of ether oxygens (including phenoxy) is 1. The van der Waals surface area contributed by atoms with E-state index in [1.807, 2.05) is 33.3 Å². The number of nitrogens with zero attached hydrogens (tertiary/aromatic N) is 1. The minimum atomic E-state index is -4.70. The summed E-state index contributed by atoms with van der Waals surface area (Å²) in [6.45, 7) is 6.72. The normalized spacial score (nSPS) is 14.2. The number of carbonyl (C=O) groups excluding carboxylic acids is 2. The Morgan fingerprint density at radius 2 is 0.877 bits per heavy atom. The van der Waals surface area contributed by atoms with E-state index in [2.05, 4.69) is 86.8 Å². The van der Waals surface area contributed by atoms with Crippen molar-refractivity contribution in [3.05, 3.63) is 72.9 Å². The van der Waals surface area contributed by atoms with E-state index in [0.29, 0.717) is 17.4 Å². The van der Waals surface area contributed by atoms with Crippen molar-refractivity contribution >= 4 is 19.7 Å². The summed E-state index contributed by atoms with van der Waals surface area (Å²) in [5, 5.41) is 3.02. The van der Waals surface area contributed by atoms with Crippen LogP contribution in [0.4, 0.5) is 0 Å². The number of rotatable bonds is 54. The van der Waals surface area contributed by atoms with E-state index < -0.39 is 26.6 Å². The van der Waals surface area contributed by atoms with Gasteiger partial charge in [-0.3, -0.25) is 14.2 Å². The van der Waals surface area contributed by atoms with Gasteiger partial charge >= 0.3 is 5.97 Å². The number of phosphoric ester groups is 1. The molecule has 0 radical (unpaired) electrons. The number of unbranched alkanes of at least 4 members (excludes halogenated alkanes) is 28. The highest BCUT2D eigenvalue weighted by atomic mass is 31.2. The first-order chi connectivity index (χ1) is 35.4.